The van der Waals surface area contributed by atoms with Crippen LogP contribution in [0.5, 0.6) is 0 Å². The van der Waals surface area contributed by atoms with E-state index in [-0.39, 0.29) is 23.8 Å². The summed E-state index contributed by atoms with van der Waals surface area (Å²) in [5.41, 5.74) is 8.63. The number of urea groups is 1. The molecule has 3 amide bonds. The van der Waals surface area contributed by atoms with Crippen LogP contribution in [0, 0.1) is 23.2 Å². The number of nitriles is 1. The summed E-state index contributed by atoms with van der Waals surface area (Å²) in [6.45, 7) is 3.20. The predicted molar refractivity (Wildman–Crippen MR) is 127 cm³/mol. The van der Waals surface area contributed by atoms with Gasteiger partial charge >= 0.3 is 6.03 Å². The first-order valence-corrected chi connectivity index (χ1v) is 12.2. The van der Waals surface area contributed by atoms with Crippen molar-refractivity contribution >= 4 is 28.3 Å². The molecule has 1 saturated heterocycles. The fourth-order valence-electron chi connectivity index (χ4n) is 5.26. The number of nitrogen functional groups attached to an aromatic ring is 1. The van der Waals surface area contributed by atoms with E-state index in [1.54, 1.807) is 6.33 Å². The highest BCUT2D eigenvalue weighted by atomic mass is 32.1. The van der Waals surface area contributed by atoms with Gasteiger partial charge in [0.2, 0.25) is 5.91 Å². The summed E-state index contributed by atoms with van der Waals surface area (Å²) in [7, 11) is 3.95. The summed E-state index contributed by atoms with van der Waals surface area (Å²) in [6.07, 6.45) is 6.58. The Morgan fingerprint density at radius 1 is 1.39 bits per heavy atom. The molecule has 3 atom stereocenters. The van der Waals surface area contributed by atoms with Crippen molar-refractivity contribution in [3.05, 3.63) is 34.2 Å². The lowest BCUT2D eigenvalue weighted by Crippen LogP contribution is -2.55. The van der Waals surface area contributed by atoms with Gasteiger partial charge in [-0.3, -0.25) is 9.69 Å². The molecule has 10 heteroatoms. The number of hydrogen-bond donors (Lipinski definition) is 2. The minimum Gasteiger partial charge on any atom is -0.389 e. The number of piperidine rings is 1. The Kier molecular flexibility index (Phi) is 6.72. The van der Waals surface area contributed by atoms with Crippen LogP contribution in [-0.4, -0.2) is 64.0 Å². The van der Waals surface area contributed by atoms with Crippen LogP contribution in [0.2, 0.25) is 0 Å². The van der Waals surface area contributed by atoms with Crippen molar-refractivity contribution < 1.29 is 9.59 Å². The van der Waals surface area contributed by atoms with Gasteiger partial charge in [-0.1, -0.05) is 0 Å². The first-order valence-electron chi connectivity index (χ1n) is 11.4. The standard InChI is InChI=1S/C23H31N7O2S/c1-4-30(23(32)26-6-5-16-12-28(2)13-27-16)22(31)15-7-14-8-17-18(10-24)21(25)33-20(17)9-19(14)29(3)11-15/h12-15,19H,4-9,11,25H2,1-3H3,(H,26,32)/t14-,15-,19-/m1/s1. The lowest BCUT2D eigenvalue weighted by molar-refractivity contribution is -0.135. The number of nitrogens with two attached hydrogens (primary N) is 1. The zero-order valence-electron chi connectivity index (χ0n) is 19.4. The molecule has 2 aliphatic rings. The van der Waals surface area contributed by atoms with E-state index in [4.69, 9.17) is 5.73 Å². The SMILES string of the molecule is CCN(C(=O)NCCc1cn(C)cn1)C(=O)[C@@H]1C[C@@H]2Cc3c(sc(N)c3C#N)C[C@H]2N(C)C1. The number of aromatic nitrogens is 2. The van der Waals surface area contributed by atoms with Crippen molar-refractivity contribution in [2.45, 2.75) is 38.6 Å². The Labute approximate surface area is 198 Å². The molecule has 0 saturated carbocycles. The molecule has 1 fully saturated rings. The van der Waals surface area contributed by atoms with Gasteiger partial charge in [-0.2, -0.15) is 5.26 Å². The zero-order valence-corrected chi connectivity index (χ0v) is 20.2. The monoisotopic (exact) mass is 469 g/mol. The lowest BCUT2D eigenvalue weighted by Gasteiger charge is -2.45. The summed E-state index contributed by atoms with van der Waals surface area (Å²) >= 11 is 1.52. The van der Waals surface area contributed by atoms with Crippen molar-refractivity contribution in [1.82, 2.24) is 24.7 Å². The first-order chi connectivity index (χ1) is 15.8. The number of fused-ring (bicyclic) bond motifs is 2. The molecule has 0 unspecified atom stereocenters. The molecule has 33 heavy (non-hydrogen) atoms. The van der Waals surface area contributed by atoms with Gasteiger partial charge in [-0.15, -0.1) is 11.3 Å². The molecule has 9 nitrogen and oxygen atoms in total. The topological polar surface area (TPSA) is 120 Å². The highest BCUT2D eigenvalue weighted by molar-refractivity contribution is 7.16. The van der Waals surface area contributed by atoms with Crippen molar-refractivity contribution in [2.75, 3.05) is 32.4 Å². The maximum atomic E-state index is 13.4. The minimum absolute atomic E-state index is 0.130. The molecule has 2 aromatic rings. The van der Waals surface area contributed by atoms with Crippen LogP contribution >= 0.6 is 11.3 Å². The number of hydrogen-bond acceptors (Lipinski definition) is 7. The number of imide groups is 1. The first kappa shape index (κ1) is 23.3. The fraction of sp³-hybridized carbons (Fsp3) is 0.565. The van der Waals surface area contributed by atoms with Gasteiger partial charge in [0.1, 0.15) is 11.1 Å². The number of anilines is 1. The van der Waals surface area contributed by atoms with Gasteiger partial charge < -0.3 is 20.5 Å². The summed E-state index contributed by atoms with van der Waals surface area (Å²) in [5.74, 6) is -0.118. The molecular formula is C23H31N7O2S. The zero-order chi connectivity index (χ0) is 23.7. The highest BCUT2D eigenvalue weighted by Gasteiger charge is 2.43. The van der Waals surface area contributed by atoms with Crippen molar-refractivity contribution in [2.24, 2.45) is 18.9 Å². The van der Waals surface area contributed by atoms with E-state index >= 15 is 0 Å². The minimum atomic E-state index is -0.355. The van der Waals surface area contributed by atoms with E-state index in [9.17, 15) is 14.9 Å². The quantitative estimate of drug-likeness (QED) is 0.689. The summed E-state index contributed by atoms with van der Waals surface area (Å²) in [4.78, 5) is 35.2. The van der Waals surface area contributed by atoms with Gasteiger partial charge in [-0.05, 0) is 44.7 Å². The Morgan fingerprint density at radius 3 is 2.85 bits per heavy atom. The van der Waals surface area contributed by atoms with E-state index in [2.05, 4.69) is 21.3 Å². The van der Waals surface area contributed by atoms with Crippen molar-refractivity contribution in [3.8, 4) is 6.07 Å². The van der Waals surface area contributed by atoms with Crippen molar-refractivity contribution in [3.63, 3.8) is 0 Å². The Hall–Kier alpha value is -2.90. The molecule has 0 radical (unpaired) electrons. The normalized spacial score (nSPS) is 22.2. The molecule has 1 aliphatic carbocycles. The second-order valence-electron chi connectivity index (χ2n) is 9.06. The smallest absolute Gasteiger partial charge is 0.324 e. The second-order valence-corrected chi connectivity index (χ2v) is 10.2. The summed E-state index contributed by atoms with van der Waals surface area (Å²) in [6, 6.07) is 2.23. The van der Waals surface area contributed by atoms with Crippen LogP contribution in [0.25, 0.3) is 0 Å². The molecule has 3 heterocycles. The largest absolute Gasteiger partial charge is 0.389 e. The maximum absolute atomic E-state index is 13.4. The Bertz CT molecular complexity index is 1090. The molecule has 3 N–H and O–H groups in total. The molecule has 1 aliphatic heterocycles. The number of nitrogens with zero attached hydrogens (tertiary/aromatic N) is 5. The Morgan fingerprint density at radius 2 is 2.18 bits per heavy atom. The molecular weight excluding hydrogens is 438 g/mol. The lowest BCUT2D eigenvalue weighted by atomic mass is 9.74. The third-order valence-electron chi connectivity index (χ3n) is 6.89. The van der Waals surface area contributed by atoms with Crippen LogP contribution < -0.4 is 11.1 Å². The van der Waals surface area contributed by atoms with E-state index in [0.717, 1.165) is 24.1 Å². The van der Waals surface area contributed by atoms with Gasteiger partial charge in [0.15, 0.2) is 0 Å². The molecule has 0 spiro atoms. The van der Waals surface area contributed by atoms with Gasteiger partial charge in [-0.25, -0.2) is 9.78 Å². The number of imidazole rings is 1. The molecule has 2 aromatic heterocycles. The predicted octanol–water partition coefficient (Wildman–Crippen LogP) is 1.77. The summed E-state index contributed by atoms with van der Waals surface area (Å²) < 4.78 is 1.87. The molecule has 176 valence electrons. The third kappa shape index (κ3) is 4.61. The van der Waals surface area contributed by atoms with Gasteiger partial charge in [0.25, 0.3) is 0 Å². The molecule has 0 bridgehead atoms. The van der Waals surface area contributed by atoms with Gasteiger partial charge in [0.05, 0.1) is 23.5 Å². The third-order valence-corrected chi connectivity index (χ3v) is 7.97. The van der Waals surface area contributed by atoms with Crippen LogP contribution in [0.3, 0.4) is 0 Å². The highest BCUT2D eigenvalue weighted by Crippen LogP contribution is 2.42. The number of likely N-dealkylation sites (N-methyl/N-ethyl adjacent to an activating group) is 1. The number of nitrogens with one attached hydrogen (secondary N) is 1. The number of carbonyl (C=O) groups excluding carboxylic acids is 2. The number of aryl methyl sites for hydroxylation is 1. The van der Waals surface area contributed by atoms with Crippen LogP contribution in [-0.2, 0) is 31.1 Å². The van der Waals surface area contributed by atoms with E-state index in [1.807, 2.05) is 31.8 Å². The number of carbonyl (C=O) groups is 2. The number of amides is 3. The number of rotatable bonds is 5. The number of thiophene rings is 1. The van der Waals surface area contributed by atoms with E-state index in [0.29, 0.717) is 49.1 Å². The van der Waals surface area contributed by atoms with Gasteiger partial charge in [0, 0.05) is 50.2 Å². The molecule has 4 rings (SSSR count). The van der Waals surface area contributed by atoms with E-state index < -0.39 is 0 Å². The average Bonchev–Trinajstić information content (AvgIpc) is 3.33. The second kappa shape index (κ2) is 9.53. The number of likely N-dealkylation sites (tertiary alicyclic amines) is 1. The summed E-state index contributed by atoms with van der Waals surface area (Å²) in [5, 5.41) is 13.0. The fourth-order valence-corrected chi connectivity index (χ4v) is 6.36. The van der Waals surface area contributed by atoms with Crippen LogP contribution in [0.15, 0.2) is 12.5 Å². The maximum Gasteiger partial charge on any atom is 0.324 e. The van der Waals surface area contributed by atoms with E-state index in [1.165, 1.54) is 21.1 Å². The van der Waals surface area contributed by atoms with Crippen molar-refractivity contribution in [1.29, 1.82) is 5.26 Å². The average molecular weight is 470 g/mol. The Balaban J connectivity index is 1.40. The van der Waals surface area contributed by atoms with Crippen LogP contribution in [0.4, 0.5) is 9.80 Å². The van der Waals surface area contributed by atoms with Crippen LogP contribution in [0.1, 0.15) is 35.0 Å². The molecule has 0 aromatic carbocycles.